The molecule has 2 aromatic heterocycles. The fourth-order valence-electron chi connectivity index (χ4n) is 3.42. The molecule has 0 amide bonds. The number of nitrogens with zero attached hydrogens (tertiary/aromatic N) is 3. The van der Waals surface area contributed by atoms with Crippen molar-refractivity contribution >= 4 is 28.8 Å². The second kappa shape index (κ2) is 8.32. The quantitative estimate of drug-likeness (QED) is 0.339. The molecule has 1 aliphatic rings. The van der Waals surface area contributed by atoms with Gasteiger partial charge in [-0.3, -0.25) is 14.2 Å². The van der Waals surface area contributed by atoms with Gasteiger partial charge in [-0.1, -0.05) is 11.8 Å². The summed E-state index contributed by atoms with van der Waals surface area (Å²) < 4.78 is 17.3. The first-order valence-electron chi connectivity index (χ1n) is 9.75. The summed E-state index contributed by atoms with van der Waals surface area (Å²) in [6.07, 6.45) is 0.631. The monoisotopic (exact) mass is 441 g/mol. The number of benzene rings is 1. The molecule has 9 heteroatoms. The molecule has 162 valence electrons. The van der Waals surface area contributed by atoms with Gasteiger partial charge in [-0.15, -0.1) is 0 Å². The van der Waals surface area contributed by atoms with E-state index in [2.05, 4.69) is 9.97 Å². The maximum absolute atomic E-state index is 13.5. The average Bonchev–Trinajstić information content (AvgIpc) is 2.76. The normalized spacial score (nSPS) is 14.8. The lowest BCUT2D eigenvalue weighted by atomic mass is 9.95. The van der Waals surface area contributed by atoms with Gasteiger partial charge in [-0.2, -0.15) is 0 Å². The highest BCUT2D eigenvalue weighted by Gasteiger charge is 2.28. The van der Waals surface area contributed by atoms with Crippen molar-refractivity contribution in [1.82, 2.24) is 14.5 Å². The van der Waals surface area contributed by atoms with Crippen molar-refractivity contribution in [2.75, 3.05) is 20.0 Å². The van der Waals surface area contributed by atoms with Gasteiger partial charge < -0.3 is 14.2 Å². The maximum Gasteiger partial charge on any atom is 0.316 e. The van der Waals surface area contributed by atoms with Crippen LogP contribution < -0.4 is 10.3 Å². The predicted octanol–water partition coefficient (Wildman–Crippen LogP) is 2.91. The fraction of sp³-hybridized carbons (Fsp3) is 0.364. The SMILES string of the molecule is COC(=O)CSc1nc2nc3c(cc2c(=O)n1-c1ccc(OC)cc1)COC(C)(C)C3. The number of pyridine rings is 1. The van der Waals surface area contributed by atoms with E-state index < -0.39 is 5.97 Å². The summed E-state index contributed by atoms with van der Waals surface area (Å²) in [6, 6.07) is 8.89. The Morgan fingerprint density at radius 1 is 1.23 bits per heavy atom. The number of aromatic nitrogens is 3. The van der Waals surface area contributed by atoms with Crippen LogP contribution in [0.1, 0.15) is 25.1 Å². The molecule has 0 saturated carbocycles. The zero-order valence-corrected chi connectivity index (χ0v) is 18.6. The van der Waals surface area contributed by atoms with E-state index in [-0.39, 0.29) is 16.9 Å². The van der Waals surface area contributed by atoms with Crippen LogP contribution in [0.5, 0.6) is 5.75 Å². The van der Waals surface area contributed by atoms with Crippen molar-refractivity contribution < 1.29 is 19.0 Å². The fourth-order valence-corrected chi connectivity index (χ4v) is 4.25. The van der Waals surface area contributed by atoms with Gasteiger partial charge in [-0.05, 0) is 44.2 Å². The summed E-state index contributed by atoms with van der Waals surface area (Å²) >= 11 is 1.13. The number of rotatable bonds is 5. The van der Waals surface area contributed by atoms with E-state index in [1.807, 2.05) is 19.9 Å². The van der Waals surface area contributed by atoms with Crippen LogP contribution in [0, 0.1) is 0 Å². The van der Waals surface area contributed by atoms with Crippen LogP contribution in [0.15, 0.2) is 40.3 Å². The molecule has 0 saturated heterocycles. The molecular formula is C22H23N3O5S. The van der Waals surface area contributed by atoms with Crippen LogP contribution in [0.4, 0.5) is 0 Å². The highest BCUT2D eigenvalue weighted by Crippen LogP contribution is 2.29. The Balaban J connectivity index is 1.89. The zero-order chi connectivity index (χ0) is 22.2. The van der Waals surface area contributed by atoms with Gasteiger partial charge >= 0.3 is 5.97 Å². The molecule has 0 unspecified atom stereocenters. The van der Waals surface area contributed by atoms with E-state index in [1.165, 1.54) is 11.7 Å². The average molecular weight is 442 g/mol. The number of thioether (sulfide) groups is 1. The number of carbonyl (C=O) groups excluding carboxylic acids is 1. The standard InChI is InChI=1S/C22H23N3O5S/c1-22(2)10-17-13(11-30-22)9-16-19(23-17)24-21(31-12-18(26)29-4)25(20(16)27)14-5-7-15(28-3)8-6-14/h5-9H,10-12H2,1-4H3. The van der Waals surface area contributed by atoms with Gasteiger partial charge in [0.25, 0.3) is 5.56 Å². The second-order valence-corrected chi connectivity index (χ2v) is 8.73. The minimum atomic E-state index is -0.405. The summed E-state index contributed by atoms with van der Waals surface area (Å²) in [5.41, 5.74) is 2.15. The number of carbonyl (C=O) groups is 1. The summed E-state index contributed by atoms with van der Waals surface area (Å²) in [5, 5.41) is 0.770. The summed E-state index contributed by atoms with van der Waals surface area (Å²) in [5.74, 6) is 0.291. The van der Waals surface area contributed by atoms with Crippen molar-refractivity contribution in [3.05, 3.63) is 51.9 Å². The molecule has 0 atom stereocenters. The first kappa shape index (κ1) is 21.3. The van der Waals surface area contributed by atoms with Crippen LogP contribution in [-0.4, -0.2) is 46.1 Å². The highest BCUT2D eigenvalue weighted by atomic mass is 32.2. The zero-order valence-electron chi connectivity index (χ0n) is 17.8. The van der Waals surface area contributed by atoms with E-state index in [9.17, 15) is 9.59 Å². The number of esters is 1. The number of methoxy groups -OCH3 is 2. The van der Waals surface area contributed by atoms with Crippen molar-refractivity contribution in [3.63, 3.8) is 0 Å². The number of ether oxygens (including phenoxy) is 3. The van der Waals surface area contributed by atoms with Gasteiger partial charge in [0.1, 0.15) is 5.75 Å². The van der Waals surface area contributed by atoms with Gasteiger partial charge in [0, 0.05) is 12.0 Å². The minimum Gasteiger partial charge on any atom is -0.497 e. The van der Waals surface area contributed by atoms with Gasteiger partial charge in [0.2, 0.25) is 0 Å². The lowest BCUT2D eigenvalue weighted by Crippen LogP contribution is -2.33. The number of hydrogen-bond acceptors (Lipinski definition) is 8. The van der Waals surface area contributed by atoms with Crippen LogP contribution in [0.3, 0.4) is 0 Å². The predicted molar refractivity (Wildman–Crippen MR) is 117 cm³/mol. The van der Waals surface area contributed by atoms with E-state index in [0.717, 1.165) is 23.0 Å². The van der Waals surface area contributed by atoms with Crippen LogP contribution in [0.2, 0.25) is 0 Å². The van der Waals surface area contributed by atoms with Gasteiger partial charge in [0.05, 0.1) is 48.9 Å². The topological polar surface area (TPSA) is 92.5 Å². The molecule has 1 aromatic carbocycles. The third-order valence-corrected chi connectivity index (χ3v) is 6.00. The van der Waals surface area contributed by atoms with Gasteiger partial charge in [0.15, 0.2) is 10.8 Å². The molecule has 0 bridgehead atoms. The first-order chi connectivity index (χ1) is 14.8. The number of hydrogen-bond donors (Lipinski definition) is 0. The van der Waals surface area contributed by atoms with E-state index in [1.54, 1.807) is 31.4 Å². The maximum atomic E-state index is 13.5. The summed E-state index contributed by atoms with van der Waals surface area (Å²) in [7, 11) is 2.90. The molecule has 8 nitrogen and oxygen atoms in total. The molecule has 0 radical (unpaired) electrons. The van der Waals surface area contributed by atoms with Gasteiger partial charge in [-0.25, -0.2) is 9.97 Å². The third kappa shape index (κ3) is 4.28. The van der Waals surface area contributed by atoms with Crippen molar-refractivity contribution in [1.29, 1.82) is 0 Å². The van der Waals surface area contributed by atoms with Crippen molar-refractivity contribution in [2.24, 2.45) is 0 Å². The lowest BCUT2D eigenvalue weighted by Gasteiger charge is -2.31. The third-order valence-electron chi connectivity index (χ3n) is 5.09. The van der Waals surface area contributed by atoms with Crippen molar-refractivity contribution in [3.8, 4) is 11.4 Å². The Morgan fingerprint density at radius 2 is 1.97 bits per heavy atom. The largest absolute Gasteiger partial charge is 0.497 e. The summed E-state index contributed by atoms with van der Waals surface area (Å²) in [6.45, 7) is 4.41. The van der Waals surface area contributed by atoms with E-state index in [4.69, 9.17) is 14.2 Å². The lowest BCUT2D eigenvalue weighted by molar-refractivity contribution is -0.137. The smallest absolute Gasteiger partial charge is 0.316 e. The molecule has 4 rings (SSSR count). The Morgan fingerprint density at radius 3 is 2.65 bits per heavy atom. The molecular weight excluding hydrogens is 418 g/mol. The Hall–Kier alpha value is -2.91. The molecule has 1 aliphatic heterocycles. The Kier molecular flexibility index (Phi) is 5.72. The van der Waals surface area contributed by atoms with E-state index in [0.29, 0.717) is 40.7 Å². The molecule has 31 heavy (non-hydrogen) atoms. The Labute approximate surface area is 183 Å². The molecule has 3 heterocycles. The van der Waals surface area contributed by atoms with E-state index >= 15 is 0 Å². The number of fused-ring (bicyclic) bond motifs is 2. The summed E-state index contributed by atoms with van der Waals surface area (Å²) in [4.78, 5) is 34.6. The minimum absolute atomic E-state index is 0.0242. The second-order valence-electron chi connectivity index (χ2n) is 7.79. The van der Waals surface area contributed by atoms with Crippen molar-refractivity contribution in [2.45, 2.75) is 37.6 Å². The molecule has 0 fully saturated rings. The molecule has 0 N–H and O–H groups in total. The molecule has 0 spiro atoms. The van der Waals surface area contributed by atoms with Crippen LogP contribution >= 0.6 is 11.8 Å². The molecule has 0 aliphatic carbocycles. The highest BCUT2D eigenvalue weighted by molar-refractivity contribution is 7.99. The first-order valence-corrected chi connectivity index (χ1v) is 10.7. The Bertz CT molecular complexity index is 1200. The van der Waals surface area contributed by atoms with Crippen LogP contribution in [-0.2, 0) is 27.3 Å². The van der Waals surface area contributed by atoms with Crippen LogP contribution in [0.25, 0.3) is 16.7 Å². The molecule has 3 aromatic rings.